The van der Waals surface area contributed by atoms with Crippen LogP contribution in [0.2, 0.25) is 0 Å². The van der Waals surface area contributed by atoms with Gasteiger partial charge in [-0.2, -0.15) is 0 Å². The molecule has 4 nitrogen and oxygen atoms in total. The van der Waals surface area contributed by atoms with Crippen molar-refractivity contribution in [2.45, 2.75) is 6.92 Å². The Kier molecular flexibility index (Phi) is 3.53. The Balaban J connectivity index is 2.40. The first-order valence-electron chi connectivity index (χ1n) is 5.16. The van der Waals surface area contributed by atoms with E-state index < -0.39 is 0 Å². The molecule has 0 unspecified atom stereocenters. The average molecular weight is 253 g/mol. The monoisotopic (exact) mass is 253 g/mol. The summed E-state index contributed by atoms with van der Waals surface area (Å²) in [5.41, 5.74) is 0.620. The van der Waals surface area contributed by atoms with E-state index in [0.717, 1.165) is 6.54 Å². The first-order valence-corrected chi connectivity index (χ1v) is 5.97. The van der Waals surface area contributed by atoms with Gasteiger partial charge in [-0.05, 0) is 25.1 Å². The summed E-state index contributed by atoms with van der Waals surface area (Å²) in [6, 6.07) is 4.34. The SMILES string of the molecule is CCNc1nnc(-c2cc(F)ccc2OC)s1. The fraction of sp³-hybridized carbons (Fsp3) is 0.273. The van der Waals surface area contributed by atoms with E-state index >= 15 is 0 Å². The molecule has 0 aliphatic carbocycles. The van der Waals surface area contributed by atoms with Crippen LogP contribution in [0.15, 0.2) is 18.2 Å². The third-order valence-electron chi connectivity index (χ3n) is 2.14. The average Bonchev–Trinajstić information content (AvgIpc) is 2.78. The Morgan fingerprint density at radius 1 is 1.41 bits per heavy atom. The molecule has 0 spiro atoms. The second-order valence-electron chi connectivity index (χ2n) is 3.29. The van der Waals surface area contributed by atoms with Crippen LogP contribution < -0.4 is 10.1 Å². The molecular weight excluding hydrogens is 241 g/mol. The number of nitrogens with zero attached hydrogens (tertiary/aromatic N) is 2. The summed E-state index contributed by atoms with van der Waals surface area (Å²) in [5.74, 6) is 0.270. The predicted octanol–water partition coefficient (Wildman–Crippen LogP) is 2.78. The molecule has 2 aromatic rings. The largest absolute Gasteiger partial charge is 0.496 e. The highest BCUT2D eigenvalue weighted by Crippen LogP contribution is 2.33. The van der Waals surface area contributed by atoms with Crippen molar-refractivity contribution < 1.29 is 9.13 Å². The molecule has 0 saturated heterocycles. The zero-order valence-corrected chi connectivity index (χ0v) is 10.3. The molecule has 0 aliphatic heterocycles. The molecule has 1 heterocycles. The lowest BCUT2D eigenvalue weighted by atomic mass is 10.2. The number of ether oxygens (including phenoxy) is 1. The Morgan fingerprint density at radius 3 is 2.94 bits per heavy atom. The van der Waals surface area contributed by atoms with E-state index in [-0.39, 0.29) is 5.82 Å². The van der Waals surface area contributed by atoms with Crippen LogP contribution in [0.4, 0.5) is 9.52 Å². The van der Waals surface area contributed by atoms with Gasteiger partial charge in [-0.3, -0.25) is 0 Å². The van der Waals surface area contributed by atoms with E-state index in [0.29, 0.717) is 21.5 Å². The number of hydrogen-bond acceptors (Lipinski definition) is 5. The molecule has 6 heteroatoms. The summed E-state index contributed by atoms with van der Waals surface area (Å²) >= 11 is 1.37. The Bertz CT molecular complexity index is 515. The van der Waals surface area contributed by atoms with Gasteiger partial charge in [0, 0.05) is 6.54 Å². The number of aromatic nitrogens is 2. The quantitative estimate of drug-likeness (QED) is 0.910. The maximum Gasteiger partial charge on any atom is 0.205 e. The van der Waals surface area contributed by atoms with Crippen molar-refractivity contribution in [1.82, 2.24) is 10.2 Å². The van der Waals surface area contributed by atoms with Crippen molar-refractivity contribution in [2.75, 3.05) is 19.0 Å². The summed E-state index contributed by atoms with van der Waals surface area (Å²) in [6.45, 7) is 2.75. The standard InChI is InChI=1S/C11H12FN3OS/c1-3-13-11-15-14-10(17-11)8-6-7(12)4-5-9(8)16-2/h4-6H,3H2,1-2H3,(H,13,15). The lowest BCUT2D eigenvalue weighted by Gasteiger charge is -2.04. The fourth-order valence-electron chi connectivity index (χ4n) is 1.40. The van der Waals surface area contributed by atoms with Crippen molar-refractivity contribution in [3.63, 3.8) is 0 Å². The van der Waals surface area contributed by atoms with E-state index in [9.17, 15) is 4.39 Å². The van der Waals surface area contributed by atoms with Crippen molar-refractivity contribution in [2.24, 2.45) is 0 Å². The van der Waals surface area contributed by atoms with Gasteiger partial charge < -0.3 is 10.1 Å². The molecule has 0 bridgehead atoms. The van der Waals surface area contributed by atoms with Crippen LogP contribution in [0.25, 0.3) is 10.6 Å². The number of hydrogen-bond donors (Lipinski definition) is 1. The first-order chi connectivity index (χ1) is 8.24. The zero-order chi connectivity index (χ0) is 12.3. The summed E-state index contributed by atoms with van der Waals surface area (Å²) in [6.07, 6.45) is 0. The van der Waals surface area contributed by atoms with E-state index in [2.05, 4.69) is 15.5 Å². The third kappa shape index (κ3) is 2.52. The smallest absolute Gasteiger partial charge is 0.205 e. The highest BCUT2D eigenvalue weighted by molar-refractivity contribution is 7.18. The highest BCUT2D eigenvalue weighted by atomic mass is 32.1. The predicted molar refractivity (Wildman–Crippen MR) is 66.0 cm³/mol. The summed E-state index contributed by atoms with van der Waals surface area (Å²) < 4.78 is 18.4. The number of rotatable bonds is 4. The summed E-state index contributed by atoms with van der Waals surface area (Å²) in [7, 11) is 1.54. The second-order valence-corrected chi connectivity index (χ2v) is 4.26. The van der Waals surface area contributed by atoms with Gasteiger partial charge in [-0.15, -0.1) is 10.2 Å². The molecule has 17 heavy (non-hydrogen) atoms. The maximum absolute atomic E-state index is 13.2. The molecule has 0 atom stereocenters. The van der Waals surface area contributed by atoms with Crippen LogP contribution in [0.3, 0.4) is 0 Å². The van der Waals surface area contributed by atoms with E-state index in [4.69, 9.17) is 4.74 Å². The minimum Gasteiger partial charge on any atom is -0.496 e. The van der Waals surface area contributed by atoms with Crippen LogP contribution in [-0.2, 0) is 0 Å². The molecule has 0 radical (unpaired) electrons. The van der Waals surface area contributed by atoms with Gasteiger partial charge in [0.15, 0.2) is 5.01 Å². The molecule has 0 fully saturated rings. The normalized spacial score (nSPS) is 10.3. The highest BCUT2D eigenvalue weighted by Gasteiger charge is 2.12. The molecule has 1 N–H and O–H groups in total. The topological polar surface area (TPSA) is 47.0 Å². The lowest BCUT2D eigenvalue weighted by Crippen LogP contribution is -1.94. The molecule has 1 aromatic heterocycles. The lowest BCUT2D eigenvalue weighted by molar-refractivity contribution is 0.415. The molecule has 90 valence electrons. The van der Waals surface area contributed by atoms with Gasteiger partial charge in [0.1, 0.15) is 11.6 Å². The van der Waals surface area contributed by atoms with Crippen LogP contribution in [-0.4, -0.2) is 23.9 Å². The van der Waals surface area contributed by atoms with Crippen LogP contribution in [0.1, 0.15) is 6.92 Å². The number of nitrogens with one attached hydrogen (secondary N) is 1. The Hall–Kier alpha value is -1.69. The zero-order valence-electron chi connectivity index (χ0n) is 9.53. The maximum atomic E-state index is 13.2. The van der Waals surface area contributed by atoms with E-state index in [1.165, 1.54) is 23.5 Å². The van der Waals surface area contributed by atoms with Gasteiger partial charge in [0.05, 0.1) is 12.7 Å². The van der Waals surface area contributed by atoms with Gasteiger partial charge >= 0.3 is 0 Å². The van der Waals surface area contributed by atoms with Crippen molar-refractivity contribution in [1.29, 1.82) is 0 Å². The van der Waals surface area contributed by atoms with Gasteiger partial charge in [-0.1, -0.05) is 11.3 Å². The van der Waals surface area contributed by atoms with Gasteiger partial charge in [0.2, 0.25) is 5.13 Å². The number of halogens is 1. The van der Waals surface area contributed by atoms with Gasteiger partial charge in [0.25, 0.3) is 0 Å². The number of anilines is 1. The second kappa shape index (κ2) is 5.09. The van der Waals surface area contributed by atoms with Crippen LogP contribution in [0, 0.1) is 5.82 Å². The molecule has 0 amide bonds. The van der Waals surface area contributed by atoms with E-state index in [1.807, 2.05) is 6.92 Å². The molecule has 0 aliphatic rings. The number of benzene rings is 1. The summed E-state index contributed by atoms with van der Waals surface area (Å²) in [4.78, 5) is 0. The molecule has 2 rings (SSSR count). The molecule has 0 saturated carbocycles. The Morgan fingerprint density at radius 2 is 2.24 bits per heavy atom. The van der Waals surface area contributed by atoms with Crippen molar-refractivity contribution in [3.05, 3.63) is 24.0 Å². The Labute approximate surface area is 102 Å². The fourth-order valence-corrected chi connectivity index (χ4v) is 2.23. The molecular formula is C11H12FN3OS. The first kappa shape index (κ1) is 11.8. The third-order valence-corrected chi connectivity index (χ3v) is 3.06. The van der Waals surface area contributed by atoms with Crippen LogP contribution >= 0.6 is 11.3 Å². The summed E-state index contributed by atoms with van der Waals surface area (Å²) in [5, 5.41) is 12.4. The molecule has 1 aromatic carbocycles. The number of methoxy groups -OCH3 is 1. The van der Waals surface area contributed by atoms with Crippen molar-refractivity contribution in [3.8, 4) is 16.3 Å². The van der Waals surface area contributed by atoms with Crippen LogP contribution in [0.5, 0.6) is 5.75 Å². The minimum absolute atomic E-state index is 0.319. The minimum atomic E-state index is -0.319. The van der Waals surface area contributed by atoms with Gasteiger partial charge in [-0.25, -0.2) is 4.39 Å². The van der Waals surface area contributed by atoms with E-state index in [1.54, 1.807) is 13.2 Å². The van der Waals surface area contributed by atoms with Crippen molar-refractivity contribution >= 4 is 16.5 Å².